The van der Waals surface area contributed by atoms with Gasteiger partial charge in [-0.15, -0.1) is 0 Å². The van der Waals surface area contributed by atoms with Crippen molar-refractivity contribution in [1.82, 2.24) is 9.38 Å². The minimum absolute atomic E-state index is 0.645. The Morgan fingerprint density at radius 1 is 1.27 bits per heavy atom. The van der Waals surface area contributed by atoms with Crippen LogP contribution in [0.3, 0.4) is 0 Å². The zero-order valence-electron chi connectivity index (χ0n) is 11.8. The lowest BCUT2D eigenvalue weighted by Crippen LogP contribution is -1.91. The van der Waals surface area contributed by atoms with E-state index in [0.717, 1.165) is 34.2 Å². The summed E-state index contributed by atoms with van der Waals surface area (Å²) < 4.78 is 1.89. The summed E-state index contributed by atoms with van der Waals surface area (Å²) in [5, 5.41) is 9.55. The molecule has 5 heteroatoms. The van der Waals surface area contributed by atoms with Crippen LogP contribution < -0.4 is 0 Å². The van der Waals surface area contributed by atoms with Crippen molar-refractivity contribution < 1.29 is 9.90 Å². The molecule has 0 atom stereocenters. The third kappa shape index (κ3) is 2.61. The van der Waals surface area contributed by atoms with Crippen LogP contribution in [-0.2, 0) is 4.79 Å². The lowest BCUT2D eigenvalue weighted by atomic mass is 10.1. The molecule has 3 aromatic rings. The van der Waals surface area contributed by atoms with E-state index in [0.29, 0.717) is 5.02 Å². The first kappa shape index (κ1) is 14.4. The molecular formula is C17H13ClN2O2. The number of aryl methyl sites for hydroxylation is 1. The normalized spacial score (nSPS) is 11.4. The van der Waals surface area contributed by atoms with Crippen LogP contribution in [0.5, 0.6) is 0 Å². The van der Waals surface area contributed by atoms with Gasteiger partial charge in [0.1, 0.15) is 5.65 Å². The molecule has 22 heavy (non-hydrogen) atoms. The number of carbonyl (C=O) groups is 1. The SMILES string of the molecule is Cc1cccn2c(C=CC(=O)O)c(-c3ccc(Cl)cc3)nc12. The van der Waals surface area contributed by atoms with Gasteiger partial charge in [-0.2, -0.15) is 0 Å². The molecule has 3 rings (SSSR count). The predicted octanol–water partition coefficient (Wildman–Crippen LogP) is 4.06. The van der Waals surface area contributed by atoms with E-state index in [2.05, 4.69) is 4.98 Å². The number of imidazole rings is 1. The molecule has 0 aliphatic heterocycles. The van der Waals surface area contributed by atoms with Crippen LogP contribution in [0.2, 0.25) is 5.02 Å². The fourth-order valence-corrected chi connectivity index (χ4v) is 2.48. The average molecular weight is 313 g/mol. The molecule has 0 unspecified atom stereocenters. The van der Waals surface area contributed by atoms with Gasteiger partial charge in [-0.3, -0.25) is 4.40 Å². The second-order valence-corrected chi connectivity index (χ2v) is 5.35. The second-order valence-electron chi connectivity index (χ2n) is 4.91. The van der Waals surface area contributed by atoms with E-state index in [-0.39, 0.29) is 0 Å². The van der Waals surface area contributed by atoms with Crippen molar-refractivity contribution >= 4 is 29.3 Å². The van der Waals surface area contributed by atoms with Gasteiger partial charge in [0.05, 0.1) is 11.4 Å². The van der Waals surface area contributed by atoms with Gasteiger partial charge in [0.2, 0.25) is 0 Å². The van der Waals surface area contributed by atoms with E-state index in [1.807, 2.05) is 41.8 Å². The van der Waals surface area contributed by atoms with Gasteiger partial charge in [0.15, 0.2) is 0 Å². The number of fused-ring (bicyclic) bond motifs is 1. The maximum absolute atomic E-state index is 10.9. The molecule has 0 aliphatic rings. The van der Waals surface area contributed by atoms with Gasteiger partial charge in [-0.05, 0) is 36.8 Å². The van der Waals surface area contributed by atoms with Crippen molar-refractivity contribution in [2.75, 3.05) is 0 Å². The van der Waals surface area contributed by atoms with Crippen LogP contribution in [0.25, 0.3) is 23.0 Å². The maximum atomic E-state index is 10.9. The molecule has 0 aliphatic carbocycles. The highest BCUT2D eigenvalue weighted by atomic mass is 35.5. The largest absolute Gasteiger partial charge is 0.478 e. The van der Waals surface area contributed by atoms with Gasteiger partial charge in [0, 0.05) is 22.9 Å². The summed E-state index contributed by atoms with van der Waals surface area (Å²) in [6, 6.07) is 11.2. The maximum Gasteiger partial charge on any atom is 0.328 e. The van der Waals surface area contributed by atoms with Gasteiger partial charge in [-0.25, -0.2) is 9.78 Å². The number of aromatic nitrogens is 2. The first-order valence-electron chi connectivity index (χ1n) is 6.71. The minimum atomic E-state index is -0.996. The third-order valence-electron chi connectivity index (χ3n) is 3.38. The lowest BCUT2D eigenvalue weighted by Gasteiger charge is -2.01. The monoisotopic (exact) mass is 312 g/mol. The van der Waals surface area contributed by atoms with Crippen molar-refractivity contribution in [3.63, 3.8) is 0 Å². The standard InChI is InChI=1S/C17H13ClN2O2/c1-11-3-2-10-20-14(8-9-15(21)22)16(19-17(11)20)12-4-6-13(18)7-5-12/h2-10H,1H3,(H,21,22). The second kappa shape index (κ2) is 5.66. The van der Waals surface area contributed by atoms with Crippen LogP contribution in [-0.4, -0.2) is 20.5 Å². The summed E-state index contributed by atoms with van der Waals surface area (Å²) in [7, 11) is 0. The van der Waals surface area contributed by atoms with E-state index in [4.69, 9.17) is 16.7 Å². The molecule has 0 fully saturated rings. The average Bonchev–Trinajstić information content (AvgIpc) is 2.86. The molecule has 0 saturated carbocycles. The summed E-state index contributed by atoms with van der Waals surface area (Å²) in [5.41, 5.74) is 4.16. The van der Waals surface area contributed by atoms with Crippen molar-refractivity contribution in [3.8, 4) is 11.3 Å². The number of benzene rings is 1. The molecule has 110 valence electrons. The number of halogens is 1. The van der Waals surface area contributed by atoms with Crippen molar-refractivity contribution in [2.45, 2.75) is 6.92 Å². The molecule has 1 aromatic carbocycles. The summed E-state index contributed by atoms with van der Waals surface area (Å²) in [6.45, 7) is 1.97. The molecule has 4 nitrogen and oxygen atoms in total. The molecule has 2 heterocycles. The fraction of sp³-hybridized carbons (Fsp3) is 0.0588. The lowest BCUT2D eigenvalue weighted by molar-refractivity contribution is -0.131. The molecule has 0 spiro atoms. The smallest absolute Gasteiger partial charge is 0.328 e. The van der Waals surface area contributed by atoms with E-state index in [1.165, 1.54) is 0 Å². The van der Waals surface area contributed by atoms with Crippen molar-refractivity contribution in [2.24, 2.45) is 0 Å². The topological polar surface area (TPSA) is 54.6 Å². The first-order chi connectivity index (χ1) is 10.6. The van der Waals surface area contributed by atoms with Crippen LogP contribution in [0.1, 0.15) is 11.3 Å². The number of carboxylic acid groups (broad SMARTS) is 1. The number of carboxylic acids is 1. The Morgan fingerprint density at radius 2 is 2.00 bits per heavy atom. The highest BCUT2D eigenvalue weighted by molar-refractivity contribution is 6.30. The van der Waals surface area contributed by atoms with E-state index in [1.54, 1.807) is 18.2 Å². The minimum Gasteiger partial charge on any atom is -0.478 e. The molecule has 0 saturated heterocycles. The molecule has 1 N–H and O–H groups in total. The molecular weight excluding hydrogens is 300 g/mol. The summed E-state index contributed by atoms with van der Waals surface area (Å²) in [5.74, 6) is -0.996. The highest BCUT2D eigenvalue weighted by Gasteiger charge is 2.13. The fourth-order valence-electron chi connectivity index (χ4n) is 2.35. The number of hydrogen-bond acceptors (Lipinski definition) is 2. The Hall–Kier alpha value is -2.59. The third-order valence-corrected chi connectivity index (χ3v) is 3.64. The summed E-state index contributed by atoms with van der Waals surface area (Å²) in [6.07, 6.45) is 4.55. The van der Waals surface area contributed by atoms with E-state index in [9.17, 15) is 4.79 Å². The van der Waals surface area contributed by atoms with Gasteiger partial charge >= 0.3 is 5.97 Å². The predicted molar refractivity (Wildman–Crippen MR) is 87.0 cm³/mol. The Morgan fingerprint density at radius 3 is 2.68 bits per heavy atom. The Kier molecular flexibility index (Phi) is 3.69. The Balaban J connectivity index is 2.28. The molecule has 0 amide bonds. The number of aliphatic carboxylic acids is 1. The van der Waals surface area contributed by atoms with Gasteiger partial charge < -0.3 is 5.11 Å². The van der Waals surface area contributed by atoms with Crippen molar-refractivity contribution in [3.05, 3.63) is 65.0 Å². The number of hydrogen-bond donors (Lipinski definition) is 1. The molecule has 2 aromatic heterocycles. The van der Waals surface area contributed by atoms with E-state index < -0.39 is 5.97 Å². The summed E-state index contributed by atoms with van der Waals surface area (Å²) >= 11 is 5.93. The van der Waals surface area contributed by atoms with Crippen LogP contribution in [0.4, 0.5) is 0 Å². The highest BCUT2D eigenvalue weighted by Crippen LogP contribution is 2.27. The zero-order chi connectivity index (χ0) is 15.7. The number of rotatable bonds is 3. The first-order valence-corrected chi connectivity index (χ1v) is 7.08. The van der Waals surface area contributed by atoms with Crippen molar-refractivity contribution in [1.29, 1.82) is 0 Å². The van der Waals surface area contributed by atoms with E-state index >= 15 is 0 Å². The Bertz CT molecular complexity index is 880. The Labute approximate surface area is 132 Å². The molecule has 0 radical (unpaired) electrons. The van der Waals surface area contributed by atoms with Gasteiger partial charge in [-0.1, -0.05) is 29.8 Å². The zero-order valence-corrected chi connectivity index (χ0v) is 12.6. The van der Waals surface area contributed by atoms with Crippen LogP contribution in [0.15, 0.2) is 48.7 Å². The summed E-state index contributed by atoms with van der Waals surface area (Å²) in [4.78, 5) is 15.5. The molecule has 0 bridgehead atoms. The van der Waals surface area contributed by atoms with Crippen LogP contribution >= 0.6 is 11.6 Å². The number of pyridine rings is 1. The quantitative estimate of drug-likeness (QED) is 0.742. The van der Waals surface area contributed by atoms with Crippen LogP contribution in [0, 0.1) is 6.92 Å². The number of nitrogens with zero attached hydrogens (tertiary/aromatic N) is 2. The van der Waals surface area contributed by atoms with Gasteiger partial charge in [0.25, 0.3) is 0 Å².